The lowest BCUT2D eigenvalue weighted by molar-refractivity contribution is -0.00157. The molecule has 2 aliphatic rings. The molecule has 1 saturated heterocycles. The van der Waals surface area contributed by atoms with Crippen LogP contribution < -0.4 is 0 Å². The maximum atomic E-state index is 5.58. The van der Waals surface area contributed by atoms with Crippen molar-refractivity contribution in [2.75, 3.05) is 31.6 Å². The van der Waals surface area contributed by atoms with Crippen molar-refractivity contribution in [2.24, 2.45) is 11.3 Å². The molecule has 112 valence electrons. The van der Waals surface area contributed by atoms with Gasteiger partial charge in [0.15, 0.2) is 0 Å². The number of ether oxygens (including phenoxy) is 1. The lowest BCUT2D eigenvalue weighted by atomic mass is 9.81. The molecule has 1 heterocycles. The largest absolute Gasteiger partial charge is 0.381 e. The summed E-state index contributed by atoms with van der Waals surface area (Å²) in [6.45, 7) is 9.14. The third-order valence-electron chi connectivity index (χ3n) is 4.82. The van der Waals surface area contributed by atoms with Crippen LogP contribution in [0.5, 0.6) is 0 Å². The summed E-state index contributed by atoms with van der Waals surface area (Å²) in [4.78, 5) is 2.81. The molecule has 1 aliphatic heterocycles. The topological polar surface area (TPSA) is 12.5 Å². The van der Waals surface area contributed by atoms with Gasteiger partial charge in [0.25, 0.3) is 0 Å². The number of alkyl halides is 1. The van der Waals surface area contributed by atoms with Gasteiger partial charge in [0, 0.05) is 37.7 Å². The van der Waals surface area contributed by atoms with Crippen molar-refractivity contribution < 1.29 is 4.74 Å². The molecule has 0 atom stereocenters. The lowest BCUT2D eigenvalue weighted by Gasteiger charge is -2.42. The highest BCUT2D eigenvalue weighted by Crippen LogP contribution is 2.36. The Bertz CT molecular complexity index is 257. The molecule has 2 fully saturated rings. The van der Waals surface area contributed by atoms with Crippen LogP contribution in [0.25, 0.3) is 0 Å². The standard InChI is InChI=1S/C16H30BrNO/c1-14(2)11-18(15-5-3-4-6-15)13-16(12-17)7-9-19-10-8-16/h14-15H,3-13H2,1-2H3. The van der Waals surface area contributed by atoms with Gasteiger partial charge in [-0.25, -0.2) is 0 Å². The summed E-state index contributed by atoms with van der Waals surface area (Å²) in [6.07, 6.45) is 8.15. The van der Waals surface area contributed by atoms with E-state index in [2.05, 4.69) is 34.7 Å². The van der Waals surface area contributed by atoms with Crippen LogP contribution in [-0.2, 0) is 4.74 Å². The molecule has 0 aromatic heterocycles. The van der Waals surface area contributed by atoms with E-state index in [1.165, 1.54) is 51.6 Å². The van der Waals surface area contributed by atoms with E-state index in [4.69, 9.17) is 4.74 Å². The molecule has 1 saturated carbocycles. The Morgan fingerprint density at radius 1 is 1.21 bits per heavy atom. The van der Waals surface area contributed by atoms with Gasteiger partial charge in [-0.15, -0.1) is 0 Å². The summed E-state index contributed by atoms with van der Waals surface area (Å²) < 4.78 is 5.58. The van der Waals surface area contributed by atoms with Gasteiger partial charge in [-0.05, 0) is 37.0 Å². The lowest BCUT2D eigenvalue weighted by Crippen LogP contribution is -2.47. The molecular weight excluding hydrogens is 302 g/mol. The molecule has 0 aromatic rings. The second kappa shape index (κ2) is 7.42. The maximum absolute atomic E-state index is 5.58. The Labute approximate surface area is 127 Å². The van der Waals surface area contributed by atoms with E-state index in [9.17, 15) is 0 Å². The zero-order chi connectivity index (χ0) is 13.7. The molecule has 0 spiro atoms. The van der Waals surface area contributed by atoms with E-state index in [-0.39, 0.29) is 0 Å². The summed E-state index contributed by atoms with van der Waals surface area (Å²) in [6, 6.07) is 0.848. The summed E-state index contributed by atoms with van der Waals surface area (Å²) >= 11 is 3.79. The van der Waals surface area contributed by atoms with Crippen molar-refractivity contribution in [3.63, 3.8) is 0 Å². The highest BCUT2D eigenvalue weighted by Gasteiger charge is 2.36. The predicted molar refractivity (Wildman–Crippen MR) is 84.9 cm³/mol. The van der Waals surface area contributed by atoms with Crippen molar-refractivity contribution in [2.45, 2.75) is 58.4 Å². The Morgan fingerprint density at radius 3 is 2.37 bits per heavy atom. The molecule has 1 aliphatic carbocycles. The number of rotatable bonds is 6. The van der Waals surface area contributed by atoms with Crippen molar-refractivity contribution in [3.8, 4) is 0 Å². The fourth-order valence-electron chi connectivity index (χ4n) is 3.65. The van der Waals surface area contributed by atoms with Gasteiger partial charge in [0.05, 0.1) is 0 Å². The van der Waals surface area contributed by atoms with Gasteiger partial charge in [0.2, 0.25) is 0 Å². The van der Waals surface area contributed by atoms with E-state index in [1.54, 1.807) is 0 Å². The van der Waals surface area contributed by atoms with Crippen molar-refractivity contribution in [1.82, 2.24) is 4.90 Å². The van der Waals surface area contributed by atoms with Crippen LogP contribution in [0.15, 0.2) is 0 Å². The first-order valence-corrected chi connectivity index (χ1v) is 9.15. The molecule has 3 heteroatoms. The highest BCUT2D eigenvalue weighted by molar-refractivity contribution is 9.09. The van der Waals surface area contributed by atoms with Crippen LogP contribution in [0.2, 0.25) is 0 Å². The average Bonchev–Trinajstić information content (AvgIpc) is 2.92. The Hall–Kier alpha value is 0.400. The zero-order valence-corrected chi connectivity index (χ0v) is 14.3. The molecule has 0 N–H and O–H groups in total. The minimum Gasteiger partial charge on any atom is -0.381 e. The van der Waals surface area contributed by atoms with Gasteiger partial charge in [-0.3, -0.25) is 4.90 Å². The van der Waals surface area contributed by atoms with E-state index in [0.717, 1.165) is 30.5 Å². The van der Waals surface area contributed by atoms with Gasteiger partial charge < -0.3 is 4.74 Å². The molecule has 0 aromatic carbocycles. The molecule has 0 unspecified atom stereocenters. The molecule has 2 rings (SSSR count). The van der Waals surface area contributed by atoms with Crippen molar-refractivity contribution >= 4 is 15.9 Å². The van der Waals surface area contributed by atoms with Gasteiger partial charge in [-0.2, -0.15) is 0 Å². The molecule has 0 radical (unpaired) electrons. The monoisotopic (exact) mass is 331 g/mol. The van der Waals surface area contributed by atoms with Crippen LogP contribution >= 0.6 is 15.9 Å². The summed E-state index contributed by atoms with van der Waals surface area (Å²) in [5, 5.41) is 1.13. The van der Waals surface area contributed by atoms with E-state index >= 15 is 0 Å². The smallest absolute Gasteiger partial charge is 0.0472 e. The van der Waals surface area contributed by atoms with Crippen LogP contribution in [-0.4, -0.2) is 42.6 Å². The summed E-state index contributed by atoms with van der Waals surface area (Å²) in [5.41, 5.74) is 0.454. The summed E-state index contributed by atoms with van der Waals surface area (Å²) in [5.74, 6) is 0.771. The van der Waals surface area contributed by atoms with E-state index in [1.807, 2.05) is 0 Å². The van der Waals surface area contributed by atoms with Crippen LogP contribution in [0, 0.1) is 11.3 Å². The van der Waals surface area contributed by atoms with Crippen molar-refractivity contribution in [3.05, 3.63) is 0 Å². The van der Waals surface area contributed by atoms with Crippen LogP contribution in [0.4, 0.5) is 0 Å². The quantitative estimate of drug-likeness (QED) is 0.680. The first-order chi connectivity index (χ1) is 9.15. The third kappa shape index (κ3) is 4.44. The van der Waals surface area contributed by atoms with Gasteiger partial charge in [-0.1, -0.05) is 42.6 Å². The number of hydrogen-bond acceptors (Lipinski definition) is 2. The first-order valence-electron chi connectivity index (χ1n) is 8.03. The normalized spacial score (nSPS) is 24.5. The highest BCUT2D eigenvalue weighted by atomic mass is 79.9. The van der Waals surface area contributed by atoms with Crippen LogP contribution in [0.1, 0.15) is 52.4 Å². The molecule has 0 bridgehead atoms. The van der Waals surface area contributed by atoms with E-state index in [0.29, 0.717) is 5.41 Å². The SMILES string of the molecule is CC(C)CN(CC1(CBr)CCOCC1)C1CCCC1. The fourth-order valence-corrected chi connectivity index (χ4v) is 4.39. The average molecular weight is 332 g/mol. The Morgan fingerprint density at radius 2 is 1.84 bits per heavy atom. The number of hydrogen-bond donors (Lipinski definition) is 0. The predicted octanol–water partition coefficient (Wildman–Crippen LogP) is 4.08. The molecular formula is C16H30BrNO. The van der Waals surface area contributed by atoms with Crippen LogP contribution in [0.3, 0.4) is 0 Å². The van der Waals surface area contributed by atoms with Crippen molar-refractivity contribution in [1.29, 1.82) is 0 Å². The second-order valence-electron chi connectivity index (χ2n) is 7.01. The zero-order valence-electron chi connectivity index (χ0n) is 12.7. The number of nitrogens with zero attached hydrogens (tertiary/aromatic N) is 1. The minimum absolute atomic E-state index is 0.454. The second-order valence-corrected chi connectivity index (χ2v) is 7.57. The summed E-state index contributed by atoms with van der Waals surface area (Å²) in [7, 11) is 0. The first kappa shape index (κ1) is 15.8. The van der Waals surface area contributed by atoms with E-state index < -0.39 is 0 Å². The minimum atomic E-state index is 0.454. The Kier molecular flexibility index (Phi) is 6.16. The molecule has 19 heavy (non-hydrogen) atoms. The third-order valence-corrected chi connectivity index (χ3v) is 6.01. The molecule has 0 amide bonds. The number of halogens is 1. The fraction of sp³-hybridized carbons (Fsp3) is 1.00. The maximum Gasteiger partial charge on any atom is 0.0472 e. The Balaban J connectivity index is 2.00. The molecule has 2 nitrogen and oxygen atoms in total. The van der Waals surface area contributed by atoms with Gasteiger partial charge in [0.1, 0.15) is 0 Å². The van der Waals surface area contributed by atoms with Gasteiger partial charge >= 0.3 is 0 Å².